The first-order valence-electron chi connectivity index (χ1n) is 9.80. The number of H-pyrrole nitrogens is 1. The van der Waals surface area contributed by atoms with Crippen LogP contribution >= 0.6 is 0 Å². The first-order chi connectivity index (χ1) is 13.7. The Morgan fingerprint density at radius 3 is 2.48 bits per heavy atom. The zero-order valence-electron chi connectivity index (χ0n) is 17.7. The van der Waals surface area contributed by atoms with Crippen LogP contribution in [0.3, 0.4) is 0 Å². The number of hydrogen-bond donors (Lipinski definition) is 3. The van der Waals surface area contributed by atoms with Crippen molar-refractivity contribution in [1.82, 2.24) is 9.88 Å². The number of aromatic nitrogens is 1. The van der Waals surface area contributed by atoms with Gasteiger partial charge in [0.25, 0.3) is 5.56 Å². The van der Waals surface area contributed by atoms with Gasteiger partial charge in [0, 0.05) is 23.1 Å². The van der Waals surface area contributed by atoms with Crippen LogP contribution in [0.4, 0.5) is 5.69 Å². The second-order valence-electron chi connectivity index (χ2n) is 7.90. The molecule has 0 saturated heterocycles. The van der Waals surface area contributed by atoms with E-state index in [9.17, 15) is 9.90 Å². The lowest BCUT2D eigenvalue weighted by atomic mass is 9.91. The van der Waals surface area contributed by atoms with Gasteiger partial charge in [-0.15, -0.1) is 0 Å². The van der Waals surface area contributed by atoms with E-state index < -0.39 is 0 Å². The monoisotopic (exact) mass is 391 g/mol. The van der Waals surface area contributed by atoms with E-state index in [1.807, 2.05) is 38.1 Å². The van der Waals surface area contributed by atoms with E-state index in [2.05, 4.69) is 43.0 Å². The molecule has 0 radical (unpaired) electrons. The minimum Gasteiger partial charge on any atom is -0.507 e. The number of likely N-dealkylation sites (N-methyl/N-ethyl adjacent to an activating group) is 1. The average Bonchev–Trinajstić information content (AvgIpc) is 2.66. The molecule has 29 heavy (non-hydrogen) atoms. The second kappa shape index (κ2) is 8.13. The number of benzene rings is 2. The van der Waals surface area contributed by atoms with Crippen LogP contribution in [-0.2, 0) is 0 Å². The Bertz CT molecular complexity index is 1130. The summed E-state index contributed by atoms with van der Waals surface area (Å²) < 4.78 is 0. The maximum absolute atomic E-state index is 12.3. The van der Waals surface area contributed by atoms with Gasteiger partial charge in [-0.05, 0) is 56.6 Å². The van der Waals surface area contributed by atoms with Crippen molar-refractivity contribution < 1.29 is 5.11 Å². The zero-order chi connectivity index (χ0) is 21.3. The van der Waals surface area contributed by atoms with E-state index in [1.54, 1.807) is 6.07 Å². The van der Waals surface area contributed by atoms with Gasteiger partial charge in [-0.1, -0.05) is 43.3 Å². The van der Waals surface area contributed by atoms with Gasteiger partial charge in [0.2, 0.25) is 0 Å². The maximum atomic E-state index is 12.3. The van der Waals surface area contributed by atoms with E-state index in [0.29, 0.717) is 22.6 Å². The van der Waals surface area contributed by atoms with Gasteiger partial charge in [0.05, 0.1) is 5.52 Å². The van der Waals surface area contributed by atoms with Gasteiger partial charge < -0.3 is 20.7 Å². The summed E-state index contributed by atoms with van der Waals surface area (Å²) in [5.74, 6) is 0.564. The predicted octanol–water partition coefficient (Wildman–Crippen LogP) is 4.49. The van der Waals surface area contributed by atoms with Gasteiger partial charge in [0.15, 0.2) is 0 Å². The van der Waals surface area contributed by atoms with Gasteiger partial charge in [-0.2, -0.15) is 0 Å². The van der Waals surface area contributed by atoms with Crippen LogP contribution in [0.2, 0.25) is 0 Å². The average molecular weight is 392 g/mol. The molecular weight excluding hydrogens is 362 g/mol. The van der Waals surface area contributed by atoms with Crippen LogP contribution in [0.15, 0.2) is 41.2 Å². The third-order valence-corrected chi connectivity index (χ3v) is 5.29. The number of nitrogen functional groups attached to an aromatic ring is 1. The van der Waals surface area contributed by atoms with Crippen LogP contribution in [0, 0.1) is 6.92 Å². The fraction of sp³-hybridized carbons (Fsp3) is 0.292. The number of fused-ring (bicyclic) bond motifs is 1. The lowest BCUT2D eigenvalue weighted by Gasteiger charge is -2.18. The van der Waals surface area contributed by atoms with Crippen molar-refractivity contribution in [3.05, 3.63) is 63.5 Å². The number of allylic oxidation sites excluding steroid dienone is 1. The van der Waals surface area contributed by atoms with Crippen LogP contribution in [0.25, 0.3) is 28.1 Å². The van der Waals surface area contributed by atoms with E-state index in [1.165, 1.54) is 5.56 Å². The van der Waals surface area contributed by atoms with Crippen molar-refractivity contribution in [2.24, 2.45) is 0 Å². The molecule has 2 aromatic carbocycles. The SMILES string of the molecule is C/C=C\c1c(N)c(=O)[nH]c2c(C)cc(O)c(-c3ccc(C(C)CN(C)C)cc3)c12. The van der Waals surface area contributed by atoms with Gasteiger partial charge in [-0.25, -0.2) is 0 Å². The van der Waals surface area contributed by atoms with Crippen molar-refractivity contribution in [3.63, 3.8) is 0 Å². The summed E-state index contributed by atoms with van der Waals surface area (Å²) >= 11 is 0. The lowest BCUT2D eigenvalue weighted by molar-refractivity contribution is 0.383. The molecule has 0 aliphatic heterocycles. The number of phenolic OH excluding ortho intramolecular Hbond substituents is 1. The zero-order valence-corrected chi connectivity index (χ0v) is 17.7. The summed E-state index contributed by atoms with van der Waals surface area (Å²) in [6, 6.07) is 9.92. The fourth-order valence-electron chi connectivity index (χ4n) is 3.93. The molecule has 1 unspecified atom stereocenters. The Morgan fingerprint density at radius 1 is 1.24 bits per heavy atom. The van der Waals surface area contributed by atoms with Gasteiger partial charge in [-0.3, -0.25) is 4.79 Å². The molecule has 5 nitrogen and oxygen atoms in total. The normalized spacial score (nSPS) is 12.9. The Hall–Kier alpha value is -3.05. The third kappa shape index (κ3) is 3.91. The standard InChI is InChI=1S/C24H29N3O2/c1-6-7-18-21-20(17-10-8-16(9-11-17)15(3)13-27(4)5)19(28)12-14(2)23(21)26-24(29)22(18)25/h6-12,15,28H,13,25H2,1-5H3,(H,26,29)/b7-6-. The predicted molar refractivity (Wildman–Crippen MR) is 122 cm³/mol. The molecule has 5 heteroatoms. The lowest BCUT2D eigenvalue weighted by Crippen LogP contribution is -2.18. The molecule has 1 heterocycles. The first kappa shape index (κ1) is 20.7. The molecular formula is C24H29N3O2. The summed E-state index contributed by atoms with van der Waals surface area (Å²) in [7, 11) is 4.13. The number of rotatable bonds is 5. The summed E-state index contributed by atoms with van der Waals surface area (Å²) in [4.78, 5) is 17.4. The van der Waals surface area contributed by atoms with Crippen molar-refractivity contribution in [2.45, 2.75) is 26.7 Å². The summed E-state index contributed by atoms with van der Waals surface area (Å²) in [5, 5.41) is 11.6. The number of aromatic amines is 1. The molecule has 3 rings (SSSR count). The highest BCUT2D eigenvalue weighted by atomic mass is 16.3. The molecule has 152 valence electrons. The Labute approximate surface area is 171 Å². The minimum absolute atomic E-state index is 0.151. The highest BCUT2D eigenvalue weighted by Crippen LogP contribution is 2.40. The maximum Gasteiger partial charge on any atom is 0.272 e. The van der Waals surface area contributed by atoms with E-state index in [4.69, 9.17) is 5.73 Å². The smallest absolute Gasteiger partial charge is 0.272 e. The quantitative estimate of drug-likeness (QED) is 0.598. The molecule has 3 aromatic rings. The van der Waals surface area contributed by atoms with Crippen molar-refractivity contribution in [1.29, 1.82) is 0 Å². The summed E-state index contributed by atoms with van der Waals surface area (Å²) in [5.41, 5.74) is 10.8. The van der Waals surface area contributed by atoms with Crippen LogP contribution < -0.4 is 11.3 Å². The van der Waals surface area contributed by atoms with Crippen molar-refractivity contribution in [2.75, 3.05) is 26.4 Å². The van der Waals surface area contributed by atoms with Crippen molar-refractivity contribution >= 4 is 22.7 Å². The van der Waals surface area contributed by atoms with E-state index in [0.717, 1.165) is 23.1 Å². The number of nitrogens with two attached hydrogens (primary N) is 1. The highest BCUT2D eigenvalue weighted by Gasteiger charge is 2.18. The molecule has 0 saturated carbocycles. The topological polar surface area (TPSA) is 82.3 Å². The van der Waals surface area contributed by atoms with Crippen LogP contribution in [0.1, 0.15) is 36.5 Å². The number of hydrogen-bond acceptors (Lipinski definition) is 4. The number of aryl methyl sites for hydroxylation is 1. The number of nitrogens with zero attached hydrogens (tertiary/aromatic N) is 1. The number of aromatic hydroxyl groups is 1. The number of pyridine rings is 1. The molecule has 1 atom stereocenters. The number of phenols is 1. The third-order valence-electron chi connectivity index (χ3n) is 5.29. The summed E-state index contributed by atoms with van der Waals surface area (Å²) in [6.45, 7) is 6.90. The molecule has 0 fully saturated rings. The molecule has 1 aromatic heterocycles. The second-order valence-corrected chi connectivity index (χ2v) is 7.90. The first-order valence-corrected chi connectivity index (χ1v) is 9.80. The van der Waals surface area contributed by atoms with E-state index in [-0.39, 0.29) is 17.0 Å². The molecule has 0 aliphatic rings. The molecule has 0 bridgehead atoms. The van der Waals surface area contributed by atoms with Crippen LogP contribution in [0.5, 0.6) is 5.75 Å². The number of nitrogens with one attached hydrogen (secondary N) is 1. The molecule has 0 amide bonds. The van der Waals surface area contributed by atoms with Crippen molar-refractivity contribution in [3.8, 4) is 16.9 Å². The van der Waals surface area contributed by atoms with Gasteiger partial charge in [0.1, 0.15) is 11.4 Å². The largest absolute Gasteiger partial charge is 0.507 e. The van der Waals surface area contributed by atoms with Gasteiger partial charge >= 0.3 is 0 Å². The van der Waals surface area contributed by atoms with Crippen LogP contribution in [-0.4, -0.2) is 35.6 Å². The fourth-order valence-corrected chi connectivity index (χ4v) is 3.93. The van der Waals surface area contributed by atoms with E-state index >= 15 is 0 Å². The Kier molecular flexibility index (Phi) is 5.80. The molecule has 4 N–H and O–H groups in total. The number of anilines is 1. The molecule has 0 aliphatic carbocycles. The minimum atomic E-state index is -0.321. The molecule has 0 spiro atoms. The Morgan fingerprint density at radius 2 is 1.90 bits per heavy atom. The Balaban J connectivity index is 2.27. The highest BCUT2D eigenvalue weighted by molar-refractivity contribution is 6.06. The summed E-state index contributed by atoms with van der Waals surface area (Å²) in [6.07, 6.45) is 3.67.